The van der Waals surface area contributed by atoms with E-state index < -0.39 is 54.1 Å². The third-order valence-corrected chi connectivity index (χ3v) is 19.5. The molecule has 2 aromatic heterocycles. The van der Waals surface area contributed by atoms with E-state index in [2.05, 4.69) is 49.6 Å². The Labute approximate surface area is 281 Å². The fourth-order valence-electron chi connectivity index (χ4n) is 5.48. The van der Waals surface area contributed by atoms with Crippen molar-refractivity contribution in [2.45, 2.75) is 54.3 Å². The first-order valence-electron chi connectivity index (χ1n) is 13.8. The minimum absolute atomic E-state index is 0.00549. The summed E-state index contributed by atoms with van der Waals surface area (Å²) < 4.78 is 62.4. The number of nitrogen functional groups attached to an aromatic ring is 1. The zero-order valence-electron chi connectivity index (χ0n) is 24.4. The number of nitrogens with two attached hydrogens (primary N) is 1. The molecule has 7 N–H and O–H groups in total. The van der Waals surface area contributed by atoms with Crippen LogP contribution in [0.25, 0.3) is 11.2 Å². The first kappa shape index (κ1) is 36.9. The number of nitrogens with one attached hydrogen (secondary N) is 1. The average Bonchev–Trinajstić information content (AvgIpc) is 3.70. The zero-order chi connectivity index (χ0) is 33.5. The molecule has 1 saturated heterocycles. The van der Waals surface area contributed by atoms with Gasteiger partial charge in [-0.3, -0.25) is 9.78 Å². The predicted molar refractivity (Wildman–Crippen MR) is 164 cm³/mol. The van der Waals surface area contributed by atoms with Gasteiger partial charge in [0.05, 0.1) is 0 Å². The Kier molecular flexibility index (Phi) is 11.6. The van der Waals surface area contributed by atoms with Crippen LogP contribution in [-0.4, -0.2) is 71.0 Å². The molecule has 0 amide bonds. The maximum atomic E-state index is 12.4. The second kappa shape index (κ2) is 14.5. The summed E-state index contributed by atoms with van der Waals surface area (Å²) in [6, 6.07) is 0. The van der Waals surface area contributed by atoms with Crippen LogP contribution in [0.15, 0.2) is 23.3 Å². The number of anilines is 1. The number of alkyl halides is 2. The van der Waals surface area contributed by atoms with Gasteiger partial charge in [0.1, 0.15) is 0 Å². The molecule has 24 heteroatoms. The number of ether oxygens (including phenoxy) is 2. The summed E-state index contributed by atoms with van der Waals surface area (Å²) >= 11 is -0.104. The van der Waals surface area contributed by atoms with Crippen molar-refractivity contribution >= 4 is 62.2 Å². The summed E-state index contributed by atoms with van der Waals surface area (Å²) in [5, 5.41) is 0. The summed E-state index contributed by atoms with van der Waals surface area (Å²) in [4.78, 5) is 59.8. The fraction of sp³-hybridized carbons (Fsp3) is 0.682. The van der Waals surface area contributed by atoms with Crippen LogP contribution in [0.4, 0.5) is 5.95 Å². The molecule has 2 aromatic rings. The molecule has 2 aliphatic carbocycles. The number of hydrogen-bond acceptors (Lipinski definition) is 14. The number of nitrogens with zero attached hydrogens (tertiary/aromatic N) is 3. The quantitative estimate of drug-likeness (QED) is 0.0248. The third-order valence-electron chi connectivity index (χ3n) is 7.36. The summed E-state index contributed by atoms with van der Waals surface area (Å²) in [6.45, 7) is 3.75. The molecule has 1 aliphatic heterocycles. The number of aromatic amines is 1. The van der Waals surface area contributed by atoms with Gasteiger partial charge in [0.2, 0.25) is 0 Å². The molecule has 8 atom stereocenters. The number of allylic oxidation sites excluding steroid dienone is 2. The molecule has 0 radical (unpaired) electrons. The number of rotatable bonds is 16. The van der Waals surface area contributed by atoms with Crippen LogP contribution in [0, 0.1) is 17.8 Å². The van der Waals surface area contributed by atoms with Crippen LogP contribution in [0.5, 0.6) is 0 Å². The Bertz CT molecular complexity index is 1660. The first-order chi connectivity index (χ1) is 21.4. The van der Waals surface area contributed by atoms with Crippen molar-refractivity contribution in [2.75, 3.05) is 22.7 Å². The number of phosphoric acid groups is 3. The van der Waals surface area contributed by atoms with E-state index in [4.69, 9.17) is 29.5 Å². The molecule has 46 heavy (non-hydrogen) atoms. The Balaban J connectivity index is 1.21. The molecule has 0 aromatic carbocycles. The Morgan fingerprint density at radius 3 is 2.59 bits per heavy atom. The van der Waals surface area contributed by atoms with Crippen LogP contribution in [0.3, 0.4) is 0 Å². The summed E-state index contributed by atoms with van der Waals surface area (Å²) in [5.74, 6) is 2.30. The summed E-state index contributed by atoms with van der Waals surface area (Å²) in [7, 11) is -13.4. The van der Waals surface area contributed by atoms with Crippen LogP contribution in [-0.2, 0) is 36.3 Å². The fourth-order valence-corrected chi connectivity index (χ4v) is 15.7. The van der Waals surface area contributed by atoms with Crippen molar-refractivity contribution in [3.63, 3.8) is 0 Å². The van der Waals surface area contributed by atoms with Crippen molar-refractivity contribution in [1.82, 2.24) is 19.5 Å². The van der Waals surface area contributed by atoms with Gasteiger partial charge in [-0.25, -0.2) is 9.13 Å². The first-order valence-corrected chi connectivity index (χ1v) is 23.2. The standard InChI is InChI=1S/C22H34IN5O13P3S2/c1-22(2,23-8-14-6-12-3-4-13(14)5-12)46-45-11-37-15-7-17(28-10-25-18-19(28)26-21(24)27-20(18)29)39-16(15)9-38-43(33,34)41-44(35,36)40-42(30,31)32/h3-4,10,12-17H,5-9,11H2,1-2H3,(H,33,34)(H,35,36)(H2,30,31,32)(H3,24,26,27,29)/q-1/t12?,13?,14?,15?,16-,17-/m1/s1. The van der Waals surface area contributed by atoms with E-state index in [1.807, 2.05) is 0 Å². The zero-order valence-corrected chi connectivity index (χ0v) is 30.8. The van der Waals surface area contributed by atoms with Crippen LogP contribution in [0.1, 0.15) is 39.3 Å². The summed E-state index contributed by atoms with van der Waals surface area (Å²) in [5.41, 5.74) is 5.27. The van der Waals surface area contributed by atoms with Gasteiger partial charge in [-0.15, -0.1) is 0 Å². The number of fused-ring (bicyclic) bond motifs is 3. The Morgan fingerprint density at radius 2 is 1.91 bits per heavy atom. The summed E-state index contributed by atoms with van der Waals surface area (Å²) in [6.07, 6.45) is 6.13. The van der Waals surface area contributed by atoms with Gasteiger partial charge in [0.25, 0.3) is 0 Å². The SMILES string of the molecule is CC(C)(SSCOC1C[C@H](n2cnc3c(=O)[nH]c(N)nc32)O[C@@H]1COP(=O)(O)OP(=O)(O)OP(=O)(O)O)[I-]CC1CC2C=CC1C2. The molecule has 2 fully saturated rings. The van der Waals surface area contributed by atoms with E-state index in [1.54, 1.807) is 10.8 Å². The van der Waals surface area contributed by atoms with E-state index in [-0.39, 0.29) is 53.4 Å². The van der Waals surface area contributed by atoms with Gasteiger partial charge >= 0.3 is 239 Å². The molecule has 0 spiro atoms. The molecule has 18 nitrogen and oxygen atoms in total. The predicted octanol–water partition coefficient (Wildman–Crippen LogP) is 0.0940. The minimum atomic E-state index is -5.70. The van der Waals surface area contributed by atoms with Gasteiger partial charge in [-0.05, 0) is 0 Å². The van der Waals surface area contributed by atoms with Crippen molar-refractivity contribution in [1.29, 1.82) is 0 Å². The third kappa shape index (κ3) is 9.88. The van der Waals surface area contributed by atoms with Gasteiger partial charge in [-0.1, -0.05) is 0 Å². The molecule has 6 unspecified atom stereocenters. The number of H-pyrrole nitrogens is 1. The Morgan fingerprint density at radius 1 is 1.15 bits per heavy atom. The van der Waals surface area contributed by atoms with E-state index in [9.17, 15) is 28.3 Å². The van der Waals surface area contributed by atoms with Crippen LogP contribution >= 0.6 is 45.1 Å². The van der Waals surface area contributed by atoms with E-state index in [0.29, 0.717) is 0 Å². The van der Waals surface area contributed by atoms with Crippen LogP contribution in [0.2, 0.25) is 0 Å². The van der Waals surface area contributed by atoms with Gasteiger partial charge in [0, 0.05) is 0 Å². The topological polar surface area (TPSA) is 268 Å². The van der Waals surface area contributed by atoms with Crippen molar-refractivity contribution in [3.05, 3.63) is 28.8 Å². The van der Waals surface area contributed by atoms with Gasteiger partial charge in [-0.2, -0.15) is 4.31 Å². The number of imidazole rings is 1. The number of phosphoric ester groups is 1. The normalized spacial score (nSPS) is 29.1. The monoisotopic (exact) mass is 860 g/mol. The average molecular weight is 860 g/mol. The van der Waals surface area contributed by atoms with Crippen molar-refractivity contribution in [3.8, 4) is 0 Å². The second-order valence-electron chi connectivity index (χ2n) is 11.2. The molecule has 3 aliphatic rings. The molecular formula is C22H34IN5O13P3S2-. The molecule has 5 rings (SSSR count). The second-order valence-corrected chi connectivity index (χ2v) is 23.6. The van der Waals surface area contributed by atoms with Gasteiger partial charge < -0.3 is 20.4 Å². The van der Waals surface area contributed by atoms with E-state index in [1.165, 1.54) is 39.0 Å². The molecule has 260 valence electrons. The molecule has 1 saturated carbocycles. The number of halogens is 1. The molecule has 3 heterocycles. The number of hydrogen-bond donors (Lipinski definition) is 6. The Hall–Kier alpha value is -0.350. The van der Waals surface area contributed by atoms with Crippen molar-refractivity contribution < 1.29 is 77.1 Å². The van der Waals surface area contributed by atoms with Crippen LogP contribution < -0.4 is 32.5 Å². The maximum absolute atomic E-state index is 12.4. The van der Waals surface area contributed by atoms with E-state index in [0.717, 1.165) is 17.8 Å². The molecular weight excluding hydrogens is 826 g/mol. The van der Waals surface area contributed by atoms with Crippen molar-refractivity contribution in [2.24, 2.45) is 17.8 Å². The molecule has 2 bridgehead atoms. The number of aromatic nitrogens is 4. The van der Waals surface area contributed by atoms with E-state index >= 15 is 0 Å². The van der Waals surface area contributed by atoms with Gasteiger partial charge in [0.15, 0.2) is 0 Å².